The first-order chi connectivity index (χ1) is 9.32. The van der Waals surface area contributed by atoms with E-state index in [4.69, 9.17) is 4.74 Å². The summed E-state index contributed by atoms with van der Waals surface area (Å²) in [4.78, 5) is 11.0. The van der Waals surface area contributed by atoms with Crippen LogP contribution in [0.3, 0.4) is 0 Å². The van der Waals surface area contributed by atoms with Gasteiger partial charge in [-0.25, -0.2) is 9.07 Å². The van der Waals surface area contributed by atoms with E-state index in [1.54, 1.807) is 0 Å². The van der Waals surface area contributed by atoms with Crippen LogP contribution < -0.4 is 4.74 Å². The molecule has 0 aliphatic heterocycles. The molecule has 0 aliphatic carbocycles. The van der Waals surface area contributed by atoms with E-state index in [1.807, 2.05) is 0 Å². The highest BCUT2D eigenvalue weighted by molar-refractivity contribution is 5.98. The van der Waals surface area contributed by atoms with Gasteiger partial charge in [-0.2, -0.15) is 13.2 Å². The lowest BCUT2D eigenvalue weighted by atomic mass is 10.2. The summed E-state index contributed by atoms with van der Waals surface area (Å²) in [6.07, 6.45) is -4.36. The SMILES string of the molecule is COc1ccc(F)c(-n2cc(C(=O)C(F)(F)F)nn2)c1. The van der Waals surface area contributed by atoms with Crippen LogP contribution in [-0.4, -0.2) is 34.1 Å². The Labute approximate surface area is 109 Å². The van der Waals surface area contributed by atoms with E-state index in [-0.39, 0.29) is 11.4 Å². The van der Waals surface area contributed by atoms with E-state index in [2.05, 4.69) is 10.3 Å². The zero-order valence-electron chi connectivity index (χ0n) is 9.98. The van der Waals surface area contributed by atoms with Crippen LogP contribution in [0.15, 0.2) is 24.4 Å². The van der Waals surface area contributed by atoms with Gasteiger partial charge < -0.3 is 4.74 Å². The fraction of sp³-hybridized carbons (Fsp3) is 0.182. The van der Waals surface area contributed by atoms with Crippen LogP contribution >= 0.6 is 0 Å². The molecule has 2 rings (SSSR count). The number of hydrogen-bond donors (Lipinski definition) is 0. The minimum Gasteiger partial charge on any atom is -0.497 e. The molecule has 20 heavy (non-hydrogen) atoms. The second-order valence-corrected chi connectivity index (χ2v) is 3.69. The quantitative estimate of drug-likeness (QED) is 0.642. The molecule has 0 atom stereocenters. The highest BCUT2D eigenvalue weighted by atomic mass is 19.4. The monoisotopic (exact) mass is 289 g/mol. The average Bonchev–Trinajstić information content (AvgIpc) is 2.86. The minimum absolute atomic E-state index is 0.182. The van der Waals surface area contributed by atoms with Crippen LogP contribution in [0.25, 0.3) is 5.69 Å². The number of rotatable bonds is 3. The molecule has 0 N–H and O–H groups in total. The molecular formula is C11H7F4N3O2. The van der Waals surface area contributed by atoms with Gasteiger partial charge in [-0.05, 0) is 12.1 Å². The number of carbonyl (C=O) groups is 1. The summed E-state index contributed by atoms with van der Waals surface area (Å²) in [6.45, 7) is 0. The number of ether oxygens (including phenoxy) is 1. The zero-order valence-corrected chi connectivity index (χ0v) is 9.98. The van der Waals surface area contributed by atoms with Crippen molar-refractivity contribution in [2.45, 2.75) is 6.18 Å². The highest BCUT2D eigenvalue weighted by Gasteiger charge is 2.41. The van der Waals surface area contributed by atoms with Gasteiger partial charge >= 0.3 is 6.18 Å². The molecule has 1 aromatic carbocycles. The van der Waals surface area contributed by atoms with E-state index >= 15 is 0 Å². The van der Waals surface area contributed by atoms with Gasteiger partial charge in [-0.1, -0.05) is 5.21 Å². The van der Waals surface area contributed by atoms with E-state index in [9.17, 15) is 22.4 Å². The Morgan fingerprint density at radius 1 is 1.35 bits per heavy atom. The van der Waals surface area contributed by atoms with Crippen LogP contribution in [0.1, 0.15) is 10.5 Å². The Morgan fingerprint density at radius 2 is 2.05 bits per heavy atom. The lowest BCUT2D eigenvalue weighted by molar-refractivity contribution is -0.0888. The molecule has 0 unspecified atom stereocenters. The van der Waals surface area contributed by atoms with Gasteiger partial charge in [-0.15, -0.1) is 5.10 Å². The number of alkyl halides is 3. The summed E-state index contributed by atoms with van der Waals surface area (Å²) in [5.41, 5.74) is -1.10. The third kappa shape index (κ3) is 2.60. The summed E-state index contributed by atoms with van der Waals surface area (Å²) in [6, 6.07) is 3.60. The summed E-state index contributed by atoms with van der Waals surface area (Å²) >= 11 is 0. The molecule has 1 heterocycles. The van der Waals surface area contributed by atoms with E-state index < -0.39 is 23.5 Å². The molecular weight excluding hydrogens is 282 g/mol. The number of carbonyl (C=O) groups excluding carboxylic acids is 1. The maximum atomic E-state index is 13.6. The first kappa shape index (κ1) is 14.0. The standard InChI is InChI=1S/C11H7F4N3O2/c1-20-6-2-3-7(12)9(4-6)18-5-8(16-17-18)10(19)11(13,14)15/h2-5H,1H3. The Hall–Kier alpha value is -2.45. The number of hydrogen-bond acceptors (Lipinski definition) is 4. The summed E-state index contributed by atoms with van der Waals surface area (Å²) in [5.74, 6) is -2.62. The zero-order chi connectivity index (χ0) is 14.9. The third-order valence-electron chi connectivity index (χ3n) is 2.38. The number of halogens is 4. The minimum atomic E-state index is -5.06. The van der Waals surface area contributed by atoms with Crippen LogP contribution in [0, 0.1) is 5.82 Å². The van der Waals surface area contributed by atoms with Gasteiger partial charge in [0.25, 0.3) is 5.78 Å². The summed E-state index contributed by atoms with van der Waals surface area (Å²) in [7, 11) is 1.34. The first-order valence-corrected chi connectivity index (χ1v) is 5.20. The van der Waals surface area contributed by atoms with Gasteiger partial charge in [0.05, 0.1) is 13.3 Å². The van der Waals surface area contributed by atoms with Crippen LogP contribution in [0.5, 0.6) is 5.75 Å². The van der Waals surface area contributed by atoms with Crippen molar-refractivity contribution < 1.29 is 27.1 Å². The van der Waals surface area contributed by atoms with Gasteiger partial charge in [0.1, 0.15) is 17.3 Å². The smallest absolute Gasteiger partial charge is 0.456 e. The van der Waals surface area contributed by atoms with Crippen molar-refractivity contribution in [3.05, 3.63) is 35.9 Å². The number of methoxy groups -OCH3 is 1. The lowest BCUT2D eigenvalue weighted by Gasteiger charge is -2.05. The second-order valence-electron chi connectivity index (χ2n) is 3.69. The maximum Gasteiger partial charge on any atom is 0.456 e. The Balaban J connectivity index is 2.41. The van der Waals surface area contributed by atoms with E-state index in [0.717, 1.165) is 10.7 Å². The Morgan fingerprint density at radius 3 is 2.65 bits per heavy atom. The van der Waals surface area contributed by atoms with Crippen molar-refractivity contribution in [2.75, 3.05) is 7.11 Å². The fourth-order valence-corrected chi connectivity index (χ4v) is 1.43. The first-order valence-electron chi connectivity index (χ1n) is 5.20. The van der Waals surface area contributed by atoms with Gasteiger partial charge in [0.2, 0.25) is 0 Å². The molecule has 106 valence electrons. The summed E-state index contributed by atoms with van der Waals surface area (Å²) < 4.78 is 55.9. The lowest BCUT2D eigenvalue weighted by Crippen LogP contribution is -2.23. The third-order valence-corrected chi connectivity index (χ3v) is 2.38. The molecule has 0 spiro atoms. The van der Waals surface area contributed by atoms with E-state index in [1.165, 1.54) is 19.2 Å². The second kappa shape index (κ2) is 4.91. The number of benzene rings is 1. The predicted molar refractivity (Wildman–Crippen MR) is 58.3 cm³/mol. The Bertz CT molecular complexity index is 651. The summed E-state index contributed by atoms with van der Waals surface area (Å²) in [5, 5.41) is 6.40. The van der Waals surface area contributed by atoms with Crippen molar-refractivity contribution in [3.8, 4) is 11.4 Å². The van der Waals surface area contributed by atoms with Crippen molar-refractivity contribution in [2.24, 2.45) is 0 Å². The fourth-order valence-electron chi connectivity index (χ4n) is 1.43. The average molecular weight is 289 g/mol. The largest absolute Gasteiger partial charge is 0.497 e. The Kier molecular flexibility index (Phi) is 3.43. The highest BCUT2D eigenvalue weighted by Crippen LogP contribution is 2.22. The molecule has 0 bridgehead atoms. The van der Waals surface area contributed by atoms with Crippen molar-refractivity contribution in [3.63, 3.8) is 0 Å². The van der Waals surface area contributed by atoms with Crippen molar-refractivity contribution in [1.29, 1.82) is 0 Å². The number of nitrogens with zero attached hydrogens (tertiary/aromatic N) is 3. The topological polar surface area (TPSA) is 57.0 Å². The predicted octanol–water partition coefficient (Wildman–Crippen LogP) is 2.16. The molecule has 9 heteroatoms. The molecule has 0 radical (unpaired) electrons. The normalized spacial score (nSPS) is 11.4. The van der Waals surface area contributed by atoms with E-state index in [0.29, 0.717) is 6.20 Å². The number of Topliss-reactive ketones (excluding diaryl/α,β-unsaturated/α-hetero) is 1. The van der Waals surface area contributed by atoms with Gasteiger partial charge in [0, 0.05) is 6.07 Å². The van der Waals surface area contributed by atoms with Crippen LogP contribution in [0.2, 0.25) is 0 Å². The van der Waals surface area contributed by atoms with Gasteiger partial charge in [0.15, 0.2) is 5.69 Å². The maximum absolute atomic E-state index is 13.6. The molecule has 0 amide bonds. The molecule has 0 saturated heterocycles. The van der Waals surface area contributed by atoms with Crippen molar-refractivity contribution in [1.82, 2.24) is 15.0 Å². The van der Waals surface area contributed by atoms with Crippen molar-refractivity contribution >= 4 is 5.78 Å². The molecule has 0 fully saturated rings. The molecule has 0 saturated carbocycles. The van der Waals surface area contributed by atoms with Crippen LogP contribution in [-0.2, 0) is 0 Å². The molecule has 0 aliphatic rings. The number of ketones is 1. The molecule has 1 aromatic heterocycles. The van der Waals surface area contributed by atoms with Crippen LogP contribution in [0.4, 0.5) is 17.6 Å². The molecule has 2 aromatic rings. The molecule has 5 nitrogen and oxygen atoms in total. The number of aromatic nitrogens is 3. The van der Waals surface area contributed by atoms with Gasteiger partial charge in [-0.3, -0.25) is 4.79 Å².